The van der Waals surface area contributed by atoms with Gasteiger partial charge in [-0.25, -0.2) is 0 Å². The van der Waals surface area contributed by atoms with Crippen molar-refractivity contribution in [3.63, 3.8) is 0 Å². The predicted octanol–water partition coefficient (Wildman–Crippen LogP) is 4.07. The number of aryl methyl sites for hydroxylation is 1. The highest BCUT2D eigenvalue weighted by Crippen LogP contribution is 2.34. The van der Waals surface area contributed by atoms with Gasteiger partial charge in [-0.2, -0.15) is 0 Å². The normalized spacial score (nSPS) is 10.4. The maximum atomic E-state index is 10.7. The van der Waals surface area contributed by atoms with Crippen LogP contribution in [0.2, 0.25) is 5.02 Å². The van der Waals surface area contributed by atoms with Crippen molar-refractivity contribution in [2.45, 2.75) is 13.5 Å². The van der Waals surface area contributed by atoms with E-state index in [0.29, 0.717) is 18.0 Å². The van der Waals surface area contributed by atoms with Crippen LogP contribution in [-0.4, -0.2) is 12.0 Å². The second-order valence-corrected chi connectivity index (χ2v) is 5.02. The molecule has 0 aromatic heterocycles. The van der Waals surface area contributed by atoms with Crippen molar-refractivity contribution in [1.29, 1.82) is 0 Å². The van der Waals surface area contributed by atoms with Crippen LogP contribution in [0.4, 0.5) is 5.69 Å². The summed E-state index contributed by atoms with van der Waals surface area (Å²) in [6, 6.07) is 9.97. The molecule has 2 aromatic carbocycles. The van der Waals surface area contributed by atoms with Gasteiger partial charge in [0.15, 0.2) is 0 Å². The Bertz CT molecular complexity index is 674. The lowest BCUT2D eigenvalue weighted by atomic mass is 10.1. The molecule has 2 aromatic rings. The van der Waals surface area contributed by atoms with Crippen LogP contribution in [0.5, 0.6) is 11.5 Å². The summed E-state index contributed by atoms with van der Waals surface area (Å²) in [6.07, 6.45) is 0. The number of halogens is 1. The first-order chi connectivity index (χ1) is 10.0. The molecule has 0 heterocycles. The lowest BCUT2D eigenvalue weighted by Crippen LogP contribution is -2.06. The van der Waals surface area contributed by atoms with E-state index in [-0.39, 0.29) is 10.7 Å². The largest absolute Gasteiger partial charge is 0.455 e. The lowest BCUT2D eigenvalue weighted by molar-refractivity contribution is -0.384. The summed E-state index contributed by atoms with van der Waals surface area (Å²) in [7, 11) is 1.85. The van der Waals surface area contributed by atoms with Gasteiger partial charge in [-0.05, 0) is 26.1 Å². The van der Waals surface area contributed by atoms with Gasteiger partial charge in [0.2, 0.25) is 0 Å². The highest BCUT2D eigenvalue weighted by molar-refractivity contribution is 6.32. The molecule has 0 aliphatic carbocycles. The van der Waals surface area contributed by atoms with Crippen LogP contribution in [0.3, 0.4) is 0 Å². The number of ether oxygens (including phenoxy) is 1. The molecule has 6 heteroatoms. The van der Waals surface area contributed by atoms with E-state index < -0.39 is 4.92 Å². The first-order valence-corrected chi connectivity index (χ1v) is 6.75. The summed E-state index contributed by atoms with van der Waals surface area (Å²) >= 11 is 6.04. The Kier molecular flexibility index (Phi) is 4.77. The molecule has 0 bridgehead atoms. The van der Waals surface area contributed by atoms with Crippen molar-refractivity contribution in [2.75, 3.05) is 7.05 Å². The van der Waals surface area contributed by atoms with Crippen molar-refractivity contribution < 1.29 is 9.66 Å². The predicted molar refractivity (Wildman–Crippen MR) is 82.1 cm³/mol. The molecule has 0 aliphatic heterocycles. The van der Waals surface area contributed by atoms with Crippen LogP contribution in [0, 0.1) is 17.0 Å². The minimum Gasteiger partial charge on any atom is -0.455 e. The molecule has 21 heavy (non-hydrogen) atoms. The van der Waals surface area contributed by atoms with E-state index >= 15 is 0 Å². The number of nitrogens with zero attached hydrogens (tertiary/aromatic N) is 1. The molecule has 2 rings (SSSR count). The minimum absolute atomic E-state index is 0.0632. The van der Waals surface area contributed by atoms with E-state index in [9.17, 15) is 10.1 Å². The standard InChI is InChI=1S/C15H15ClN2O3/c1-10-3-5-14(11(7-10)9-17-2)21-15-6-4-12(18(19)20)8-13(15)16/h3-8,17H,9H2,1-2H3. The fourth-order valence-electron chi connectivity index (χ4n) is 1.94. The van der Waals surface area contributed by atoms with Crippen molar-refractivity contribution in [2.24, 2.45) is 0 Å². The smallest absolute Gasteiger partial charge is 0.271 e. The third-order valence-corrected chi connectivity index (χ3v) is 3.22. The second kappa shape index (κ2) is 6.56. The Morgan fingerprint density at radius 3 is 2.57 bits per heavy atom. The molecular weight excluding hydrogens is 292 g/mol. The number of hydrogen-bond acceptors (Lipinski definition) is 4. The molecule has 0 saturated carbocycles. The quantitative estimate of drug-likeness (QED) is 0.668. The van der Waals surface area contributed by atoms with Crippen molar-refractivity contribution in [3.05, 3.63) is 62.7 Å². The van der Waals surface area contributed by atoms with Gasteiger partial charge in [0.25, 0.3) is 5.69 Å². The molecule has 0 saturated heterocycles. The molecule has 110 valence electrons. The fourth-order valence-corrected chi connectivity index (χ4v) is 2.15. The van der Waals surface area contributed by atoms with Gasteiger partial charge in [-0.1, -0.05) is 29.3 Å². The third-order valence-electron chi connectivity index (χ3n) is 2.93. The highest BCUT2D eigenvalue weighted by Gasteiger charge is 2.12. The Balaban J connectivity index is 2.32. The number of rotatable bonds is 5. The number of benzene rings is 2. The van der Waals surface area contributed by atoms with Crippen LogP contribution < -0.4 is 10.1 Å². The van der Waals surface area contributed by atoms with E-state index in [1.165, 1.54) is 18.2 Å². The first-order valence-electron chi connectivity index (χ1n) is 6.37. The molecule has 1 N–H and O–H groups in total. The van der Waals surface area contributed by atoms with E-state index in [0.717, 1.165) is 11.1 Å². The second-order valence-electron chi connectivity index (χ2n) is 4.62. The van der Waals surface area contributed by atoms with Gasteiger partial charge in [-0.3, -0.25) is 10.1 Å². The maximum absolute atomic E-state index is 10.7. The Morgan fingerprint density at radius 1 is 1.24 bits per heavy atom. The van der Waals surface area contributed by atoms with Crippen LogP contribution in [-0.2, 0) is 6.54 Å². The highest BCUT2D eigenvalue weighted by atomic mass is 35.5. The monoisotopic (exact) mass is 306 g/mol. The zero-order valence-electron chi connectivity index (χ0n) is 11.7. The van der Waals surface area contributed by atoms with Crippen molar-refractivity contribution >= 4 is 17.3 Å². The van der Waals surface area contributed by atoms with Crippen LogP contribution in [0.25, 0.3) is 0 Å². The van der Waals surface area contributed by atoms with Crippen LogP contribution in [0.15, 0.2) is 36.4 Å². The third kappa shape index (κ3) is 3.71. The van der Waals surface area contributed by atoms with Gasteiger partial charge in [0.1, 0.15) is 11.5 Å². The van der Waals surface area contributed by atoms with E-state index in [1.54, 1.807) is 0 Å². The molecule has 0 aliphatic rings. The molecular formula is C15H15ClN2O3. The zero-order chi connectivity index (χ0) is 15.4. The van der Waals surface area contributed by atoms with E-state index in [4.69, 9.17) is 16.3 Å². The van der Waals surface area contributed by atoms with E-state index in [1.807, 2.05) is 32.2 Å². The molecule has 0 fully saturated rings. The molecule has 0 atom stereocenters. The summed E-state index contributed by atoms with van der Waals surface area (Å²) in [5.41, 5.74) is 2.06. The van der Waals surface area contributed by atoms with Gasteiger partial charge in [-0.15, -0.1) is 0 Å². The molecule has 0 amide bonds. The zero-order valence-corrected chi connectivity index (χ0v) is 12.5. The summed E-state index contributed by atoms with van der Waals surface area (Å²) in [6.45, 7) is 2.66. The first kappa shape index (κ1) is 15.3. The summed E-state index contributed by atoms with van der Waals surface area (Å²) in [5.74, 6) is 1.06. The topological polar surface area (TPSA) is 64.4 Å². The summed E-state index contributed by atoms with van der Waals surface area (Å²) in [5, 5.41) is 14.0. The lowest BCUT2D eigenvalue weighted by Gasteiger charge is -2.12. The van der Waals surface area contributed by atoms with Gasteiger partial charge in [0, 0.05) is 24.2 Å². The van der Waals surface area contributed by atoms with Gasteiger partial charge in [0.05, 0.1) is 9.95 Å². The van der Waals surface area contributed by atoms with Crippen LogP contribution >= 0.6 is 11.6 Å². The van der Waals surface area contributed by atoms with Gasteiger partial charge >= 0.3 is 0 Å². The molecule has 0 radical (unpaired) electrons. The summed E-state index contributed by atoms with van der Waals surface area (Å²) in [4.78, 5) is 10.2. The summed E-state index contributed by atoms with van der Waals surface area (Å²) < 4.78 is 5.79. The van der Waals surface area contributed by atoms with Crippen molar-refractivity contribution in [3.8, 4) is 11.5 Å². The van der Waals surface area contributed by atoms with Crippen LogP contribution in [0.1, 0.15) is 11.1 Å². The molecule has 5 nitrogen and oxygen atoms in total. The minimum atomic E-state index is -0.492. The number of nitro groups is 1. The van der Waals surface area contributed by atoms with Gasteiger partial charge < -0.3 is 10.1 Å². The average molecular weight is 307 g/mol. The van der Waals surface area contributed by atoms with Crippen molar-refractivity contribution in [1.82, 2.24) is 5.32 Å². The number of non-ortho nitro benzene ring substituents is 1. The number of hydrogen-bond donors (Lipinski definition) is 1. The Morgan fingerprint density at radius 2 is 1.95 bits per heavy atom. The Labute approximate surface area is 127 Å². The SMILES string of the molecule is CNCc1cc(C)ccc1Oc1ccc([N+](=O)[O-])cc1Cl. The maximum Gasteiger partial charge on any atom is 0.271 e. The number of nitrogens with one attached hydrogen (secondary N) is 1. The Hall–Kier alpha value is -2.11. The number of nitro benzene ring substituents is 1. The average Bonchev–Trinajstić information content (AvgIpc) is 2.43. The fraction of sp³-hybridized carbons (Fsp3) is 0.200. The molecule has 0 unspecified atom stereocenters. The molecule has 0 spiro atoms. The van der Waals surface area contributed by atoms with E-state index in [2.05, 4.69) is 5.32 Å².